The van der Waals surface area contributed by atoms with Crippen molar-refractivity contribution in [2.24, 2.45) is 0 Å². The van der Waals surface area contributed by atoms with Gasteiger partial charge in [-0.05, 0) is 36.8 Å². The van der Waals surface area contributed by atoms with E-state index in [1.54, 1.807) is 42.5 Å². The summed E-state index contributed by atoms with van der Waals surface area (Å²) in [6, 6.07) is 21.3. The summed E-state index contributed by atoms with van der Waals surface area (Å²) < 4.78 is 10.4. The molecule has 3 aromatic rings. The van der Waals surface area contributed by atoms with Crippen LogP contribution in [0.25, 0.3) is 0 Å². The number of para-hydroxylation sites is 1. The summed E-state index contributed by atoms with van der Waals surface area (Å²) in [7, 11) is 3.04. The van der Waals surface area contributed by atoms with Gasteiger partial charge in [-0.25, -0.2) is 0 Å². The lowest BCUT2D eigenvalue weighted by Gasteiger charge is -2.16. The van der Waals surface area contributed by atoms with Gasteiger partial charge in [0, 0.05) is 11.6 Å². The highest BCUT2D eigenvalue weighted by molar-refractivity contribution is 6.09. The average molecular weight is 404 g/mol. The molecule has 154 valence electrons. The molecule has 0 aromatic heterocycles. The summed E-state index contributed by atoms with van der Waals surface area (Å²) in [6.45, 7) is 1.91. The lowest BCUT2D eigenvalue weighted by molar-refractivity contribution is 0.0940. The molecule has 0 aliphatic heterocycles. The van der Waals surface area contributed by atoms with Gasteiger partial charge >= 0.3 is 0 Å². The van der Waals surface area contributed by atoms with Crippen molar-refractivity contribution in [1.82, 2.24) is 5.32 Å². The first kappa shape index (κ1) is 20.9. The van der Waals surface area contributed by atoms with Gasteiger partial charge in [0.05, 0.1) is 31.5 Å². The Balaban J connectivity index is 1.80. The zero-order chi connectivity index (χ0) is 21.5. The molecule has 0 heterocycles. The average Bonchev–Trinajstić information content (AvgIpc) is 2.79. The Hall–Kier alpha value is -3.80. The first-order valence-corrected chi connectivity index (χ1v) is 9.51. The molecule has 2 amide bonds. The fourth-order valence-electron chi connectivity index (χ4n) is 3.02. The number of hydrogen-bond donors (Lipinski definition) is 2. The van der Waals surface area contributed by atoms with Crippen molar-refractivity contribution in [2.45, 2.75) is 13.0 Å². The SMILES string of the molecule is COc1cc(OC)cc(C(=O)Nc2ccccc2C(=O)N[C@@H](C)c2ccccc2)c1. The number of carbonyl (C=O) groups is 2. The monoisotopic (exact) mass is 404 g/mol. The smallest absolute Gasteiger partial charge is 0.255 e. The molecule has 3 rings (SSSR count). The lowest BCUT2D eigenvalue weighted by Crippen LogP contribution is -2.28. The molecule has 0 bridgehead atoms. The topological polar surface area (TPSA) is 76.7 Å². The zero-order valence-electron chi connectivity index (χ0n) is 17.1. The molecule has 3 aromatic carbocycles. The third-order valence-electron chi connectivity index (χ3n) is 4.68. The Kier molecular flexibility index (Phi) is 6.70. The van der Waals surface area contributed by atoms with Gasteiger partial charge in [-0.1, -0.05) is 42.5 Å². The van der Waals surface area contributed by atoms with E-state index in [1.807, 2.05) is 37.3 Å². The minimum absolute atomic E-state index is 0.176. The number of nitrogens with one attached hydrogen (secondary N) is 2. The van der Waals surface area contributed by atoms with E-state index in [1.165, 1.54) is 14.2 Å². The number of methoxy groups -OCH3 is 2. The third kappa shape index (κ3) is 4.97. The largest absolute Gasteiger partial charge is 0.497 e. The van der Waals surface area contributed by atoms with E-state index in [4.69, 9.17) is 9.47 Å². The van der Waals surface area contributed by atoms with Gasteiger partial charge in [-0.3, -0.25) is 9.59 Å². The van der Waals surface area contributed by atoms with Crippen LogP contribution in [0.15, 0.2) is 72.8 Å². The Morgan fingerprint density at radius 2 is 1.40 bits per heavy atom. The van der Waals surface area contributed by atoms with Crippen molar-refractivity contribution in [1.29, 1.82) is 0 Å². The van der Waals surface area contributed by atoms with Crippen LogP contribution in [0.2, 0.25) is 0 Å². The second kappa shape index (κ2) is 9.60. The second-order valence-corrected chi connectivity index (χ2v) is 6.71. The molecule has 30 heavy (non-hydrogen) atoms. The summed E-state index contributed by atoms with van der Waals surface area (Å²) in [5.74, 6) is 0.360. The van der Waals surface area contributed by atoms with Crippen molar-refractivity contribution in [3.8, 4) is 11.5 Å². The molecule has 6 nitrogen and oxygen atoms in total. The quantitative estimate of drug-likeness (QED) is 0.610. The number of rotatable bonds is 7. The number of carbonyl (C=O) groups excluding carboxylic acids is 2. The van der Waals surface area contributed by atoms with E-state index in [2.05, 4.69) is 10.6 Å². The number of anilines is 1. The normalized spacial score (nSPS) is 11.3. The fraction of sp³-hybridized carbons (Fsp3) is 0.167. The summed E-state index contributed by atoms with van der Waals surface area (Å²) in [6.07, 6.45) is 0. The second-order valence-electron chi connectivity index (χ2n) is 6.71. The van der Waals surface area contributed by atoms with Crippen LogP contribution in [0, 0.1) is 0 Å². The van der Waals surface area contributed by atoms with Crippen LogP contribution in [0.1, 0.15) is 39.2 Å². The Morgan fingerprint density at radius 1 is 0.800 bits per heavy atom. The van der Waals surface area contributed by atoms with Gasteiger partial charge in [0.2, 0.25) is 0 Å². The molecule has 0 aliphatic rings. The highest BCUT2D eigenvalue weighted by Gasteiger charge is 2.17. The number of ether oxygens (including phenoxy) is 2. The third-order valence-corrected chi connectivity index (χ3v) is 4.68. The van der Waals surface area contributed by atoms with Crippen LogP contribution >= 0.6 is 0 Å². The van der Waals surface area contributed by atoms with Crippen molar-refractivity contribution in [3.63, 3.8) is 0 Å². The zero-order valence-corrected chi connectivity index (χ0v) is 17.1. The van der Waals surface area contributed by atoms with Gasteiger partial charge in [0.1, 0.15) is 11.5 Å². The highest BCUT2D eigenvalue weighted by Crippen LogP contribution is 2.24. The van der Waals surface area contributed by atoms with E-state index >= 15 is 0 Å². The van der Waals surface area contributed by atoms with Crippen LogP contribution in [-0.4, -0.2) is 26.0 Å². The molecule has 0 spiro atoms. The number of hydrogen-bond acceptors (Lipinski definition) is 4. The first-order chi connectivity index (χ1) is 14.5. The lowest BCUT2D eigenvalue weighted by atomic mass is 10.1. The predicted octanol–water partition coefficient (Wildman–Crippen LogP) is 4.45. The maximum atomic E-state index is 12.9. The molecule has 0 saturated carbocycles. The van der Waals surface area contributed by atoms with Crippen LogP contribution < -0.4 is 20.1 Å². The molecule has 0 saturated heterocycles. The Labute approximate surface area is 175 Å². The van der Waals surface area contributed by atoms with E-state index < -0.39 is 0 Å². The fourth-order valence-corrected chi connectivity index (χ4v) is 3.02. The standard InChI is InChI=1S/C24H24N2O4/c1-16(17-9-5-4-6-10-17)25-24(28)21-11-7-8-12-22(21)26-23(27)18-13-19(29-2)15-20(14-18)30-3/h4-16H,1-3H3,(H,25,28)(H,26,27)/t16-/m0/s1. The van der Waals surface area contributed by atoms with Gasteiger partial charge in [-0.2, -0.15) is 0 Å². The van der Waals surface area contributed by atoms with Crippen LogP contribution in [0.3, 0.4) is 0 Å². The molecule has 2 N–H and O–H groups in total. The Bertz CT molecular complexity index is 1010. The van der Waals surface area contributed by atoms with E-state index in [0.29, 0.717) is 28.3 Å². The van der Waals surface area contributed by atoms with Crippen molar-refractivity contribution in [3.05, 3.63) is 89.5 Å². The Morgan fingerprint density at radius 3 is 2.03 bits per heavy atom. The highest BCUT2D eigenvalue weighted by atomic mass is 16.5. The molecule has 0 radical (unpaired) electrons. The van der Waals surface area contributed by atoms with E-state index in [9.17, 15) is 9.59 Å². The van der Waals surface area contributed by atoms with Crippen molar-refractivity contribution in [2.75, 3.05) is 19.5 Å². The summed E-state index contributed by atoms with van der Waals surface area (Å²) in [4.78, 5) is 25.7. The van der Waals surface area contributed by atoms with E-state index in [0.717, 1.165) is 5.56 Å². The van der Waals surface area contributed by atoms with E-state index in [-0.39, 0.29) is 17.9 Å². The van der Waals surface area contributed by atoms with Gasteiger partial charge < -0.3 is 20.1 Å². The molecule has 6 heteroatoms. The van der Waals surface area contributed by atoms with Gasteiger partial charge in [0.25, 0.3) is 11.8 Å². The molecule has 1 atom stereocenters. The molecular formula is C24H24N2O4. The summed E-state index contributed by atoms with van der Waals surface area (Å²) in [5, 5.41) is 5.78. The minimum Gasteiger partial charge on any atom is -0.497 e. The molecular weight excluding hydrogens is 380 g/mol. The number of benzene rings is 3. The molecule has 0 aliphatic carbocycles. The molecule has 0 fully saturated rings. The summed E-state index contributed by atoms with van der Waals surface area (Å²) in [5.41, 5.74) is 2.15. The predicted molar refractivity (Wildman–Crippen MR) is 116 cm³/mol. The van der Waals surface area contributed by atoms with Crippen LogP contribution in [0.5, 0.6) is 11.5 Å². The first-order valence-electron chi connectivity index (χ1n) is 9.51. The van der Waals surface area contributed by atoms with Gasteiger partial charge in [0.15, 0.2) is 0 Å². The van der Waals surface area contributed by atoms with Crippen molar-refractivity contribution < 1.29 is 19.1 Å². The van der Waals surface area contributed by atoms with Crippen LogP contribution in [-0.2, 0) is 0 Å². The maximum absolute atomic E-state index is 12.9. The molecule has 0 unspecified atom stereocenters. The number of amides is 2. The minimum atomic E-state index is -0.372. The summed E-state index contributed by atoms with van der Waals surface area (Å²) >= 11 is 0. The van der Waals surface area contributed by atoms with Crippen molar-refractivity contribution >= 4 is 17.5 Å². The van der Waals surface area contributed by atoms with Crippen LogP contribution in [0.4, 0.5) is 5.69 Å². The van der Waals surface area contributed by atoms with Gasteiger partial charge in [-0.15, -0.1) is 0 Å². The maximum Gasteiger partial charge on any atom is 0.255 e.